The summed E-state index contributed by atoms with van der Waals surface area (Å²) < 4.78 is 4.39. The van der Waals surface area contributed by atoms with Crippen LogP contribution < -0.4 is 10.6 Å². The molecule has 1 amide bonds. The second-order valence-corrected chi connectivity index (χ2v) is 5.91. The molecule has 0 spiro atoms. The number of nitro groups is 1. The van der Waals surface area contributed by atoms with E-state index < -0.39 is 34.5 Å². The number of anilines is 1. The monoisotopic (exact) mass is 367 g/mol. The Hall–Kier alpha value is -3.17. The van der Waals surface area contributed by atoms with E-state index in [1.54, 1.807) is 0 Å². The molecular weight excluding hydrogens is 346 g/mol. The zero-order chi connectivity index (χ0) is 19.9. The minimum absolute atomic E-state index is 0.00688. The molecule has 0 fully saturated rings. The second kappa shape index (κ2) is 9.35. The zero-order valence-electron chi connectivity index (χ0n) is 14.6. The Morgan fingerprint density at radius 2 is 1.96 bits per heavy atom. The number of benzene rings is 1. The SMILES string of the molecule is COC(=O)CNC(=O)c1ccc(N[C@@H](CC(C)C)C(=O)O)c([N+](=O)[O-])c1. The molecule has 0 heterocycles. The summed E-state index contributed by atoms with van der Waals surface area (Å²) in [6.45, 7) is 3.29. The number of carbonyl (C=O) groups excluding carboxylic acids is 2. The number of aliphatic carboxylic acids is 1. The van der Waals surface area contributed by atoms with E-state index >= 15 is 0 Å². The van der Waals surface area contributed by atoms with Crippen LogP contribution in [0.15, 0.2) is 18.2 Å². The van der Waals surface area contributed by atoms with Gasteiger partial charge in [0.25, 0.3) is 11.6 Å². The summed E-state index contributed by atoms with van der Waals surface area (Å²) in [7, 11) is 1.16. The quantitative estimate of drug-likeness (QED) is 0.337. The van der Waals surface area contributed by atoms with Crippen LogP contribution in [-0.4, -0.2) is 47.6 Å². The number of esters is 1. The number of nitrogens with one attached hydrogen (secondary N) is 2. The fraction of sp³-hybridized carbons (Fsp3) is 0.438. The first-order chi connectivity index (χ1) is 12.1. The maximum atomic E-state index is 12.0. The smallest absolute Gasteiger partial charge is 0.326 e. The maximum Gasteiger partial charge on any atom is 0.326 e. The largest absolute Gasteiger partial charge is 0.480 e. The molecule has 0 aromatic heterocycles. The van der Waals surface area contributed by atoms with Crippen molar-refractivity contribution in [2.75, 3.05) is 19.0 Å². The molecule has 1 aromatic carbocycles. The van der Waals surface area contributed by atoms with Crippen LogP contribution in [0, 0.1) is 16.0 Å². The lowest BCUT2D eigenvalue weighted by atomic mass is 10.0. The van der Waals surface area contributed by atoms with Gasteiger partial charge < -0.3 is 20.5 Å². The third kappa shape index (κ3) is 6.04. The van der Waals surface area contributed by atoms with Crippen molar-refractivity contribution in [1.82, 2.24) is 5.32 Å². The summed E-state index contributed by atoms with van der Waals surface area (Å²) in [6.07, 6.45) is 0.272. The Kier molecular flexibility index (Phi) is 7.51. The summed E-state index contributed by atoms with van der Waals surface area (Å²) in [5.74, 6) is -2.43. The van der Waals surface area contributed by atoms with Crippen molar-refractivity contribution in [3.8, 4) is 0 Å². The van der Waals surface area contributed by atoms with Crippen molar-refractivity contribution in [3.05, 3.63) is 33.9 Å². The van der Waals surface area contributed by atoms with Crippen LogP contribution in [0.3, 0.4) is 0 Å². The molecule has 0 aliphatic heterocycles. The van der Waals surface area contributed by atoms with Crippen LogP contribution in [0.5, 0.6) is 0 Å². The number of carboxylic acids is 1. The molecule has 142 valence electrons. The number of hydrogen-bond acceptors (Lipinski definition) is 7. The average molecular weight is 367 g/mol. The van der Waals surface area contributed by atoms with Crippen LogP contribution in [0.1, 0.15) is 30.6 Å². The standard InChI is InChI=1S/C16H21N3O7/c1-9(2)6-12(16(22)23)18-11-5-4-10(7-13(11)19(24)25)15(21)17-8-14(20)26-3/h4-5,7,9,12,18H,6,8H2,1-3H3,(H,17,21)(H,22,23)/t12-/m0/s1. The van der Waals surface area contributed by atoms with Crippen LogP contribution in [0.25, 0.3) is 0 Å². The lowest BCUT2D eigenvalue weighted by molar-refractivity contribution is -0.384. The van der Waals surface area contributed by atoms with Gasteiger partial charge in [0, 0.05) is 11.6 Å². The van der Waals surface area contributed by atoms with E-state index in [4.69, 9.17) is 0 Å². The third-order valence-electron chi connectivity index (χ3n) is 3.41. The number of amides is 1. The summed E-state index contributed by atoms with van der Waals surface area (Å²) in [6, 6.07) is 2.58. The molecule has 1 aromatic rings. The van der Waals surface area contributed by atoms with Gasteiger partial charge in [0.2, 0.25) is 0 Å². The molecule has 0 saturated carbocycles. The van der Waals surface area contributed by atoms with Crippen LogP contribution in [0.2, 0.25) is 0 Å². The van der Waals surface area contributed by atoms with E-state index in [1.807, 2.05) is 13.8 Å². The Bertz CT molecular complexity index is 703. The van der Waals surface area contributed by atoms with E-state index in [2.05, 4.69) is 15.4 Å². The summed E-state index contributed by atoms with van der Waals surface area (Å²) in [5.41, 5.74) is -0.486. The first-order valence-corrected chi connectivity index (χ1v) is 7.78. The van der Waals surface area contributed by atoms with Crippen LogP contribution >= 0.6 is 0 Å². The molecule has 0 saturated heterocycles. The number of ether oxygens (including phenoxy) is 1. The van der Waals surface area contributed by atoms with Crippen LogP contribution in [-0.2, 0) is 14.3 Å². The van der Waals surface area contributed by atoms with E-state index in [-0.39, 0.29) is 30.1 Å². The molecule has 1 atom stereocenters. The van der Waals surface area contributed by atoms with Crippen molar-refractivity contribution in [3.63, 3.8) is 0 Å². The van der Waals surface area contributed by atoms with Gasteiger partial charge in [-0.1, -0.05) is 13.8 Å². The van der Waals surface area contributed by atoms with Gasteiger partial charge in [0.1, 0.15) is 18.3 Å². The minimum atomic E-state index is -1.13. The summed E-state index contributed by atoms with van der Waals surface area (Å²) in [5, 5.41) is 25.5. The first-order valence-electron chi connectivity index (χ1n) is 7.78. The molecule has 0 aliphatic rings. The highest BCUT2D eigenvalue weighted by molar-refractivity contribution is 5.97. The molecule has 26 heavy (non-hydrogen) atoms. The second-order valence-electron chi connectivity index (χ2n) is 5.91. The van der Waals surface area contributed by atoms with E-state index in [0.29, 0.717) is 0 Å². The molecule has 0 unspecified atom stereocenters. The number of carbonyl (C=O) groups is 3. The fourth-order valence-electron chi connectivity index (χ4n) is 2.15. The molecule has 1 rings (SSSR count). The van der Waals surface area contributed by atoms with E-state index in [0.717, 1.165) is 13.2 Å². The summed E-state index contributed by atoms with van der Waals surface area (Å²) in [4.78, 5) is 44.9. The van der Waals surface area contributed by atoms with E-state index in [1.165, 1.54) is 12.1 Å². The van der Waals surface area contributed by atoms with Gasteiger partial charge in [0.05, 0.1) is 12.0 Å². The van der Waals surface area contributed by atoms with Crippen LogP contribution in [0.4, 0.5) is 11.4 Å². The van der Waals surface area contributed by atoms with Crippen molar-refractivity contribution in [2.24, 2.45) is 5.92 Å². The molecule has 3 N–H and O–H groups in total. The van der Waals surface area contributed by atoms with Gasteiger partial charge in [-0.15, -0.1) is 0 Å². The fourth-order valence-corrected chi connectivity index (χ4v) is 2.15. The topological polar surface area (TPSA) is 148 Å². The Morgan fingerprint density at radius 1 is 1.31 bits per heavy atom. The normalized spacial score (nSPS) is 11.5. The molecule has 10 heteroatoms. The summed E-state index contributed by atoms with van der Waals surface area (Å²) >= 11 is 0. The molecule has 10 nitrogen and oxygen atoms in total. The number of methoxy groups -OCH3 is 1. The highest BCUT2D eigenvalue weighted by Gasteiger charge is 2.24. The zero-order valence-corrected chi connectivity index (χ0v) is 14.6. The average Bonchev–Trinajstić information content (AvgIpc) is 2.58. The molecule has 0 aliphatic carbocycles. The number of rotatable bonds is 9. The van der Waals surface area contributed by atoms with Crippen molar-refractivity contribution in [1.29, 1.82) is 0 Å². The van der Waals surface area contributed by atoms with Crippen molar-refractivity contribution < 1.29 is 29.2 Å². The minimum Gasteiger partial charge on any atom is -0.480 e. The Labute approximate surface area is 149 Å². The lowest BCUT2D eigenvalue weighted by Crippen LogP contribution is -2.31. The van der Waals surface area contributed by atoms with Crippen molar-refractivity contribution >= 4 is 29.2 Å². The van der Waals surface area contributed by atoms with E-state index in [9.17, 15) is 29.6 Å². The number of nitro benzene ring substituents is 1. The highest BCUT2D eigenvalue weighted by Crippen LogP contribution is 2.27. The third-order valence-corrected chi connectivity index (χ3v) is 3.41. The lowest BCUT2D eigenvalue weighted by Gasteiger charge is -2.18. The maximum absolute atomic E-state index is 12.0. The van der Waals surface area contributed by atoms with Gasteiger partial charge >= 0.3 is 11.9 Å². The van der Waals surface area contributed by atoms with Gasteiger partial charge in [-0.2, -0.15) is 0 Å². The number of nitrogens with zero attached hydrogens (tertiary/aromatic N) is 1. The Balaban J connectivity index is 3.04. The van der Waals surface area contributed by atoms with Gasteiger partial charge in [0.15, 0.2) is 0 Å². The van der Waals surface area contributed by atoms with Gasteiger partial charge in [-0.25, -0.2) is 4.79 Å². The first kappa shape index (κ1) is 20.9. The predicted molar refractivity (Wildman–Crippen MR) is 91.9 cm³/mol. The molecule has 0 bridgehead atoms. The van der Waals surface area contributed by atoms with Gasteiger partial charge in [-0.3, -0.25) is 19.7 Å². The highest BCUT2D eigenvalue weighted by atomic mass is 16.6. The number of hydrogen-bond donors (Lipinski definition) is 3. The molecular formula is C16H21N3O7. The van der Waals surface area contributed by atoms with Gasteiger partial charge in [-0.05, 0) is 24.5 Å². The number of carboxylic acid groups (broad SMARTS) is 1. The molecule has 0 radical (unpaired) electrons. The Morgan fingerprint density at radius 3 is 2.46 bits per heavy atom. The predicted octanol–water partition coefficient (Wildman–Crippen LogP) is 1.41. The van der Waals surface area contributed by atoms with Crippen molar-refractivity contribution in [2.45, 2.75) is 26.3 Å².